The van der Waals surface area contributed by atoms with Gasteiger partial charge < -0.3 is 10.8 Å². The summed E-state index contributed by atoms with van der Waals surface area (Å²) in [5.74, 6) is -1.45. The zero-order valence-corrected chi connectivity index (χ0v) is 8.18. The van der Waals surface area contributed by atoms with Crippen molar-refractivity contribution in [1.82, 2.24) is 0 Å². The fourth-order valence-corrected chi connectivity index (χ4v) is 1.29. The van der Waals surface area contributed by atoms with E-state index in [-0.39, 0.29) is 16.6 Å². The van der Waals surface area contributed by atoms with Crippen molar-refractivity contribution in [1.29, 1.82) is 0 Å². The van der Waals surface area contributed by atoms with Crippen molar-refractivity contribution in [2.24, 2.45) is 5.73 Å². The number of aliphatic hydroxyl groups is 1. The van der Waals surface area contributed by atoms with Crippen LogP contribution in [0.5, 0.6) is 0 Å². The number of hydrogen-bond donors (Lipinski definition) is 2. The molecule has 1 aromatic rings. The van der Waals surface area contributed by atoms with E-state index in [1.807, 2.05) is 0 Å². The monoisotopic (exact) mass is 251 g/mol. The molecule has 3 N–H and O–H groups in total. The predicted molar refractivity (Wildman–Crippen MR) is 48.1 cm³/mol. The lowest BCUT2D eigenvalue weighted by Crippen LogP contribution is -2.16. The smallest absolute Gasteiger partial charge is 0.145 e. The third-order valence-electron chi connectivity index (χ3n) is 1.66. The summed E-state index contributed by atoms with van der Waals surface area (Å²) in [4.78, 5) is 0. The van der Waals surface area contributed by atoms with E-state index in [9.17, 15) is 8.78 Å². The molecule has 0 aromatic heterocycles. The van der Waals surface area contributed by atoms with Gasteiger partial charge in [-0.15, -0.1) is 0 Å². The first-order valence-electron chi connectivity index (χ1n) is 3.57. The van der Waals surface area contributed by atoms with E-state index in [4.69, 9.17) is 10.8 Å². The van der Waals surface area contributed by atoms with Gasteiger partial charge in [0.05, 0.1) is 17.1 Å². The van der Waals surface area contributed by atoms with Crippen LogP contribution in [0.1, 0.15) is 11.6 Å². The van der Waals surface area contributed by atoms with Crippen LogP contribution in [0.4, 0.5) is 8.78 Å². The van der Waals surface area contributed by atoms with E-state index in [0.717, 1.165) is 6.07 Å². The van der Waals surface area contributed by atoms with Gasteiger partial charge >= 0.3 is 0 Å². The van der Waals surface area contributed by atoms with Crippen molar-refractivity contribution < 1.29 is 13.9 Å². The molecule has 1 atom stereocenters. The van der Waals surface area contributed by atoms with Gasteiger partial charge in [-0.3, -0.25) is 0 Å². The second-order valence-electron chi connectivity index (χ2n) is 2.55. The number of aliphatic hydroxyl groups excluding tert-OH is 1. The SMILES string of the molecule is NC(CO)c1ccc(F)c(Br)c1F. The molecule has 1 unspecified atom stereocenters. The molecule has 0 aliphatic rings. The average Bonchev–Trinajstić information content (AvgIpc) is 2.13. The largest absolute Gasteiger partial charge is 0.394 e. The molecule has 1 rings (SSSR count). The minimum atomic E-state index is -0.822. The van der Waals surface area contributed by atoms with Crippen LogP contribution < -0.4 is 5.73 Å². The Bertz CT molecular complexity index is 319. The lowest BCUT2D eigenvalue weighted by molar-refractivity contribution is 0.265. The molecule has 1 aromatic carbocycles. The zero-order chi connectivity index (χ0) is 10.0. The molecule has 0 bridgehead atoms. The zero-order valence-electron chi connectivity index (χ0n) is 6.60. The Balaban J connectivity index is 3.18. The highest BCUT2D eigenvalue weighted by atomic mass is 79.9. The van der Waals surface area contributed by atoms with Crippen molar-refractivity contribution in [3.8, 4) is 0 Å². The van der Waals surface area contributed by atoms with Crippen LogP contribution in [0.2, 0.25) is 0 Å². The molecule has 0 spiro atoms. The molecule has 5 heteroatoms. The third kappa shape index (κ3) is 2.04. The fraction of sp³-hybridized carbons (Fsp3) is 0.250. The lowest BCUT2D eigenvalue weighted by atomic mass is 10.1. The van der Waals surface area contributed by atoms with Crippen molar-refractivity contribution in [3.63, 3.8) is 0 Å². The van der Waals surface area contributed by atoms with Crippen molar-refractivity contribution in [3.05, 3.63) is 33.8 Å². The molecule has 0 heterocycles. The molecule has 0 amide bonds. The van der Waals surface area contributed by atoms with Crippen molar-refractivity contribution in [2.75, 3.05) is 6.61 Å². The Morgan fingerprint density at radius 3 is 2.62 bits per heavy atom. The second kappa shape index (κ2) is 4.13. The van der Waals surface area contributed by atoms with Gasteiger partial charge in [-0.05, 0) is 22.0 Å². The van der Waals surface area contributed by atoms with Gasteiger partial charge in [0.1, 0.15) is 11.6 Å². The highest BCUT2D eigenvalue weighted by molar-refractivity contribution is 9.10. The Hall–Kier alpha value is -0.520. The van der Waals surface area contributed by atoms with E-state index < -0.39 is 17.7 Å². The van der Waals surface area contributed by atoms with Crippen LogP contribution in [0.25, 0.3) is 0 Å². The lowest BCUT2D eigenvalue weighted by Gasteiger charge is -2.10. The van der Waals surface area contributed by atoms with Gasteiger partial charge in [0.15, 0.2) is 0 Å². The van der Waals surface area contributed by atoms with E-state index in [1.165, 1.54) is 6.07 Å². The minimum Gasteiger partial charge on any atom is -0.394 e. The normalized spacial score (nSPS) is 13.0. The molecule has 0 radical (unpaired) electrons. The highest BCUT2D eigenvalue weighted by Gasteiger charge is 2.15. The van der Waals surface area contributed by atoms with Gasteiger partial charge in [0.25, 0.3) is 0 Å². The van der Waals surface area contributed by atoms with E-state index >= 15 is 0 Å². The molecule has 2 nitrogen and oxygen atoms in total. The summed E-state index contributed by atoms with van der Waals surface area (Å²) in [6, 6.07) is 1.49. The molecule has 0 aliphatic carbocycles. The maximum Gasteiger partial charge on any atom is 0.145 e. The number of benzene rings is 1. The van der Waals surface area contributed by atoms with Gasteiger partial charge in [0, 0.05) is 5.56 Å². The summed E-state index contributed by atoms with van der Waals surface area (Å²) >= 11 is 2.74. The van der Waals surface area contributed by atoms with Gasteiger partial charge in [-0.25, -0.2) is 8.78 Å². The first kappa shape index (κ1) is 10.6. The maximum atomic E-state index is 13.2. The summed E-state index contributed by atoms with van der Waals surface area (Å²) in [5, 5.41) is 8.67. The van der Waals surface area contributed by atoms with Gasteiger partial charge in [-0.1, -0.05) is 6.07 Å². The fourth-order valence-electron chi connectivity index (χ4n) is 0.926. The quantitative estimate of drug-likeness (QED) is 0.787. The van der Waals surface area contributed by atoms with Crippen molar-refractivity contribution >= 4 is 15.9 Å². The van der Waals surface area contributed by atoms with Crippen LogP contribution in [-0.2, 0) is 0 Å². The molecular weight excluding hydrogens is 244 g/mol. The first-order chi connectivity index (χ1) is 6.07. The van der Waals surface area contributed by atoms with Crippen LogP contribution in [-0.4, -0.2) is 11.7 Å². The maximum absolute atomic E-state index is 13.2. The highest BCUT2D eigenvalue weighted by Crippen LogP contribution is 2.25. The Morgan fingerprint density at radius 2 is 2.08 bits per heavy atom. The van der Waals surface area contributed by atoms with Crippen LogP contribution in [0.3, 0.4) is 0 Å². The molecule has 0 saturated heterocycles. The summed E-state index contributed by atoms with van der Waals surface area (Å²) in [6.45, 7) is -0.380. The van der Waals surface area contributed by atoms with E-state index in [1.54, 1.807) is 0 Å². The first-order valence-corrected chi connectivity index (χ1v) is 4.37. The Kier molecular flexibility index (Phi) is 3.35. The molecule has 0 aliphatic heterocycles. The van der Waals surface area contributed by atoms with E-state index in [0.29, 0.717) is 0 Å². The minimum absolute atomic E-state index is 0.0933. The Morgan fingerprint density at radius 1 is 1.46 bits per heavy atom. The number of hydrogen-bond acceptors (Lipinski definition) is 2. The van der Waals surface area contributed by atoms with Crippen LogP contribution in [0.15, 0.2) is 16.6 Å². The summed E-state index contributed by atoms with van der Waals surface area (Å²) in [7, 11) is 0. The summed E-state index contributed by atoms with van der Waals surface area (Å²) < 4.78 is 25.7. The average molecular weight is 252 g/mol. The van der Waals surface area contributed by atoms with Crippen LogP contribution >= 0.6 is 15.9 Å². The molecule has 13 heavy (non-hydrogen) atoms. The number of nitrogens with two attached hydrogens (primary N) is 1. The standard InChI is InChI=1S/C8H8BrF2NO/c9-7-5(10)2-1-4(8(7)11)6(12)3-13/h1-2,6,13H,3,12H2. The second-order valence-corrected chi connectivity index (χ2v) is 3.35. The molecule has 72 valence electrons. The molecule has 0 fully saturated rings. The van der Waals surface area contributed by atoms with Gasteiger partial charge in [-0.2, -0.15) is 0 Å². The predicted octanol–water partition coefficient (Wildman–Crippen LogP) is 1.72. The number of halogens is 3. The summed E-state index contributed by atoms with van der Waals surface area (Å²) in [5.41, 5.74) is 5.47. The topological polar surface area (TPSA) is 46.2 Å². The summed E-state index contributed by atoms with van der Waals surface area (Å²) in [6.07, 6.45) is 0. The molecular formula is C8H8BrF2NO. The third-order valence-corrected chi connectivity index (χ3v) is 2.39. The molecule has 0 saturated carbocycles. The van der Waals surface area contributed by atoms with Gasteiger partial charge in [0.2, 0.25) is 0 Å². The number of rotatable bonds is 2. The van der Waals surface area contributed by atoms with Crippen LogP contribution in [0, 0.1) is 11.6 Å². The van der Waals surface area contributed by atoms with E-state index in [2.05, 4.69) is 15.9 Å². The Labute approximate surface area is 82.5 Å². The van der Waals surface area contributed by atoms with Crippen molar-refractivity contribution in [2.45, 2.75) is 6.04 Å².